The van der Waals surface area contributed by atoms with Crippen molar-refractivity contribution in [2.75, 3.05) is 13.6 Å². The summed E-state index contributed by atoms with van der Waals surface area (Å²) in [6, 6.07) is 5.80. The van der Waals surface area contributed by atoms with Crippen LogP contribution in [0.5, 0.6) is 0 Å². The van der Waals surface area contributed by atoms with Gasteiger partial charge in [0, 0.05) is 38.0 Å². The van der Waals surface area contributed by atoms with Crippen LogP contribution in [-0.4, -0.2) is 29.1 Å². The zero-order valence-electron chi connectivity index (χ0n) is 13.0. The van der Waals surface area contributed by atoms with Crippen molar-refractivity contribution < 1.29 is 9.18 Å². The SMILES string of the molecule is CNCCC(=O)NC(c1ccccc1F)c1nccn1C.Cl.Cl. The van der Waals surface area contributed by atoms with Crippen molar-refractivity contribution in [1.82, 2.24) is 20.2 Å². The highest BCUT2D eigenvalue weighted by Crippen LogP contribution is 2.23. The van der Waals surface area contributed by atoms with Crippen molar-refractivity contribution in [3.63, 3.8) is 0 Å². The Morgan fingerprint density at radius 1 is 1.35 bits per heavy atom. The number of aryl methyl sites for hydroxylation is 1. The van der Waals surface area contributed by atoms with Gasteiger partial charge in [0.1, 0.15) is 17.7 Å². The molecular weight excluding hydrogens is 342 g/mol. The topological polar surface area (TPSA) is 59.0 Å². The first-order chi connectivity index (χ1) is 10.1. The van der Waals surface area contributed by atoms with E-state index < -0.39 is 6.04 Å². The lowest BCUT2D eigenvalue weighted by atomic mass is 10.1. The number of rotatable bonds is 6. The van der Waals surface area contributed by atoms with Crippen molar-refractivity contribution in [2.24, 2.45) is 7.05 Å². The van der Waals surface area contributed by atoms with Gasteiger partial charge in [-0.1, -0.05) is 18.2 Å². The molecule has 2 N–H and O–H groups in total. The van der Waals surface area contributed by atoms with E-state index in [4.69, 9.17) is 0 Å². The van der Waals surface area contributed by atoms with Crippen LogP contribution in [0.15, 0.2) is 36.7 Å². The Morgan fingerprint density at radius 3 is 2.61 bits per heavy atom. The summed E-state index contributed by atoms with van der Waals surface area (Å²) < 4.78 is 15.8. The van der Waals surface area contributed by atoms with E-state index in [9.17, 15) is 9.18 Å². The molecule has 23 heavy (non-hydrogen) atoms. The molecule has 1 unspecified atom stereocenters. The van der Waals surface area contributed by atoms with E-state index in [2.05, 4.69) is 15.6 Å². The summed E-state index contributed by atoms with van der Waals surface area (Å²) >= 11 is 0. The minimum absolute atomic E-state index is 0. The second-order valence-electron chi connectivity index (χ2n) is 4.77. The van der Waals surface area contributed by atoms with Gasteiger partial charge in [0.05, 0.1) is 0 Å². The van der Waals surface area contributed by atoms with Gasteiger partial charge in [-0.3, -0.25) is 4.79 Å². The van der Waals surface area contributed by atoms with E-state index >= 15 is 0 Å². The van der Waals surface area contributed by atoms with E-state index in [0.29, 0.717) is 24.4 Å². The third kappa shape index (κ3) is 5.49. The molecule has 2 aromatic rings. The average molecular weight is 363 g/mol. The molecule has 1 aromatic heterocycles. The highest BCUT2D eigenvalue weighted by molar-refractivity contribution is 5.85. The fourth-order valence-corrected chi connectivity index (χ4v) is 2.12. The summed E-state index contributed by atoms with van der Waals surface area (Å²) in [5.41, 5.74) is 0.407. The van der Waals surface area contributed by atoms with Gasteiger partial charge in [0.15, 0.2) is 0 Å². The second-order valence-corrected chi connectivity index (χ2v) is 4.77. The Balaban J connectivity index is 0.00000242. The Labute approximate surface area is 147 Å². The van der Waals surface area contributed by atoms with Crippen LogP contribution < -0.4 is 10.6 Å². The molecule has 0 aliphatic carbocycles. The quantitative estimate of drug-likeness (QED) is 0.828. The first-order valence-corrected chi connectivity index (χ1v) is 6.79. The zero-order chi connectivity index (χ0) is 15.2. The van der Waals surface area contributed by atoms with Crippen LogP contribution in [-0.2, 0) is 11.8 Å². The number of nitrogens with one attached hydrogen (secondary N) is 2. The van der Waals surface area contributed by atoms with E-state index in [1.807, 2.05) is 7.05 Å². The molecule has 0 aliphatic rings. The number of halogens is 3. The standard InChI is InChI=1S/C15H19FN4O.2ClH/c1-17-8-7-13(21)19-14(15-18-9-10-20(15)2)11-5-3-4-6-12(11)16;;/h3-6,9-10,14,17H,7-8H2,1-2H3,(H,19,21);2*1H. The maximum Gasteiger partial charge on any atom is 0.222 e. The molecule has 1 aromatic carbocycles. The maximum absolute atomic E-state index is 14.1. The highest BCUT2D eigenvalue weighted by Gasteiger charge is 2.23. The van der Waals surface area contributed by atoms with Gasteiger partial charge in [-0.25, -0.2) is 9.37 Å². The Morgan fingerprint density at radius 2 is 2.04 bits per heavy atom. The third-order valence-electron chi connectivity index (χ3n) is 3.24. The Bertz CT molecular complexity index is 621. The van der Waals surface area contributed by atoms with Crippen molar-refractivity contribution in [3.8, 4) is 0 Å². The van der Waals surface area contributed by atoms with Gasteiger partial charge < -0.3 is 15.2 Å². The predicted octanol–water partition coefficient (Wildman–Crippen LogP) is 2.22. The van der Waals surface area contributed by atoms with Gasteiger partial charge in [-0.15, -0.1) is 24.8 Å². The summed E-state index contributed by atoms with van der Waals surface area (Å²) in [7, 11) is 3.59. The number of benzene rings is 1. The first kappa shape index (κ1) is 21.4. The van der Waals surface area contributed by atoms with Crippen molar-refractivity contribution in [2.45, 2.75) is 12.5 Å². The second kappa shape index (κ2) is 10.2. The molecule has 8 heteroatoms. The Hall–Kier alpha value is -1.63. The lowest BCUT2D eigenvalue weighted by Crippen LogP contribution is -2.33. The summed E-state index contributed by atoms with van der Waals surface area (Å²) in [5.74, 6) is 0.0814. The van der Waals surface area contributed by atoms with Gasteiger partial charge in [0.25, 0.3) is 0 Å². The number of hydrogen-bond donors (Lipinski definition) is 2. The number of hydrogen-bond acceptors (Lipinski definition) is 3. The van der Waals surface area contributed by atoms with Crippen LogP contribution in [0, 0.1) is 5.82 Å². The number of carbonyl (C=O) groups excluding carboxylic acids is 1. The summed E-state index contributed by atoms with van der Waals surface area (Å²) in [6.45, 7) is 0.566. The smallest absolute Gasteiger partial charge is 0.222 e. The van der Waals surface area contributed by atoms with E-state index in [1.165, 1.54) is 6.07 Å². The normalized spacial score (nSPS) is 11.1. The van der Waals surface area contributed by atoms with E-state index in [0.717, 1.165) is 0 Å². The minimum Gasteiger partial charge on any atom is -0.342 e. The van der Waals surface area contributed by atoms with Crippen LogP contribution in [0.25, 0.3) is 0 Å². The summed E-state index contributed by atoms with van der Waals surface area (Å²) in [5, 5.41) is 5.76. The van der Waals surface area contributed by atoms with Gasteiger partial charge >= 0.3 is 0 Å². The summed E-state index contributed by atoms with van der Waals surface area (Å²) in [6.07, 6.45) is 3.72. The van der Waals surface area contributed by atoms with Crippen LogP contribution >= 0.6 is 24.8 Å². The number of imidazole rings is 1. The molecule has 128 valence electrons. The maximum atomic E-state index is 14.1. The molecule has 2 rings (SSSR count). The number of carbonyl (C=O) groups is 1. The van der Waals surface area contributed by atoms with Crippen molar-refractivity contribution in [1.29, 1.82) is 0 Å². The van der Waals surface area contributed by atoms with Crippen molar-refractivity contribution in [3.05, 3.63) is 53.9 Å². The lowest BCUT2D eigenvalue weighted by Gasteiger charge is -2.19. The largest absolute Gasteiger partial charge is 0.342 e. The van der Waals surface area contributed by atoms with E-state index in [-0.39, 0.29) is 36.5 Å². The molecule has 0 saturated carbocycles. The molecule has 0 radical (unpaired) electrons. The average Bonchev–Trinajstić information content (AvgIpc) is 2.89. The third-order valence-corrected chi connectivity index (χ3v) is 3.24. The van der Waals surface area contributed by atoms with Crippen molar-refractivity contribution >= 4 is 30.7 Å². The zero-order valence-corrected chi connectivity index (χ0v) is 14.6. The molecule has 0 spiro atoms. The van der Waals surface area contributed by atoms with Crippen LogP contribution in [0.1, 0.15) is 23.9 Å². The van der Waals surface area contributed by atoms with Gasteiger partial charge in [-0.2, -0.15) is 0 Å². The molecule has 0 saturated heterocycles. The Kier molecular flexibility index (Phi) is 9.48. The van der Waals surface area contributed by atoms with Gasteiger partial charge in [-0.05, 0) is 13.1 Å². The fraction of sp³-hybridized carbons (Fsp3) is 0.333. The fourth-order valence-electron chi connectivity index (χ4n) is 2.12. The molecule has 1 heterocycles. The molecule has 1 amide bonds. The minimum atomic E-state index is -0.601. The number of nitrogens with zero attached hydrogens (tertiary/aromatic N) is 2. The molecule has 0 bridgehead atoms. The number of amides is 1. The first-order valence-electron chi connectivity index (χ1n) is 6.79. The van der Waals surface area contributed by atoms with Gasteiger partial charge in [0.2, 0.25) is 5.91 Å². The molecule has 0 fully saturated rings. The molecule has 0 aliphatic heterocycles. The summed E-state index contributed by atoms with van der Waals surface area (Å²) in [4.78, 5) is 16.2. The molecule has 5 nitrogen and oxygen atoms in total. The predicted molar refractivity (Wildman–Crippen MR) is 92.6 cm³/mol. The molecular formula is C15H21Cl2FN4O. The molecule has 1 atom stereocenters. The van der Waals surface area contributed by atoms with Crippen LogP contribution in [0.3, 0.4) is 0 Å². The monoisotopic (exact) mass is 362 g/mol. The number of aromatic nitrogens is 2. The van der Waals surface area contributed by atoms with Crippen LogP contribution in [0.2, 0.25) is 0 Å². The lowest BCUT2D eigenvalue weighted by molar-refractivity contribution is -0.121. The van der Waals surface area contributed by atoms with Crippen LogP contribution in [0.4, 0.5) is 4.39 Å². The van der Waals surface area contributed by atoms with E-state index in [1.54, 1.807) is 42.2 Å². The highest BCUT2D eigenvalue weighted by atomic mass is 35.5.